The molecule has 4 N–H and O–H groups in total. The Kier molecular flexibility index (Phi) is 7.28. The van der Waals surface area contributed by atoms with Gasteiger partial charge in [-0.05, 0) is 19.9 Å². The quantitative estimate of drug-likeness (QED) is 0.423. The van der Waals surface area contributed by atoms with Gasteiger partial charge in [-0.25, -0.2) is 19.6 Å². The van der Waals surface area contributed by atoms with Crippen LogP contribution in [0.2, 0.25) is 0 Å². The van der Waals surface area contributed by atoms with Crippen molar-refractivity contribution in [1.82, 2.24) is 29.9 Å². The fourth-order valence-electron chi connectivity index (χ4n) is 1.21. The first-order valence-corrected chi connectivity index (χ1v) is 6.67. The summed E-state index contributed by atoms with van der Waals surface area (Å²) < 4.78 is 0. The van der Waals surface area contributed by atoms with Gasteiger partial charge in [0, 0.05) is 35.9 Å². The molecule has 0 fully saturated rings. The summed E-state index contributed by atoms with van der Waals surface area (Å²) in [5.74, 6) is 0. The van der Waals surface area contributed by atoms with Crippen LogP contribution in [0.1, 0.15) is 11.1 Å². The van der Waals surface area contributed by atoms with Gasteiger partial charge in [0.05, 0.1) is 0 Å². The minimum atomic E-state index is -0.467. The van der Waals surface area contributed by atoms with E-state index >= 15 is 0 Å². The number of aromatic nitrogens is 6. The lowest BCUT2D eigenvalue weighted by atomic mass is 10.4. The number of aryl methyl sites for hydroxylation is 2. The monoisotopic (exact) mass is 332 g/mol. The van der Waals surface area contributed by atoms with Gasteiger partial charge in [0.1, 0.15) is 6.33 Å². The molecule has 0 amide bonds. The Morgan fingerprint density at radius 1 is 0.750 bits per heavy atom. The van der Waals surface area contributed by atoms with Gasteiger partial charge in [0.2, 0.25) is 0 Å². The van der Waals surface area contributed by atoms with E-state index in [4.69, 9.17) is 0 Å². The van der Waals surface area contributed by atoms with E-state index < -0.39 is 11.4 Å². The topological polar surface area (TPSA) is 157 Å². The van der Waals surface area contributed by atoms with Gasteiger partial charge in [-0.1, -0.05) is 0 Å². The number of nitrogens with one attached hydrogen (secondary N) is 4. The number of hydrogen-bond acceptors (Lipinski definition) is 6. The summed E-state index contributed by atoms with van der Waals surface area (Å²) >= 11 is 0. The van der Waals surface area contributed by atoms with E-state index in [1.165, 1.54) is 18.7 Å². The van der Waals surface area contributed by atoms with Gasteiger partial charge >= 0.3 is 11.4 Å². The smallest absolute Gasteiger partial charge is 0.314 e. The molecule has 24 heavy (non-hydrogen) atoms. The van der Waals surface area contributed by atoms with E-state index in [9.17, 15) is 19.2 Å². The molecule has 0 unspecified atom stereocenters. The molecule has 3 aromatic rings. The first kappa shape index (κ1) is 18.5. The normalized spacial score (nSPS) is 9.08. The van der Waals surface area contributed by atoms with Crippen molar-refractivity contribution in [2.75, 3.05) is 0 Å². The van der Waals surface area contributed by atoms with E-state index in [2.05, 4.69) is 29.9 Å². The van der Waals surface area contributed by atoms with Gasteiger partial charge in [0.15, 0.2) is 0 Å². The zero-order valence-electron chi connectivity index (χ0n) is 13.0. The summed E-state index contributed by atoms with van der Waals surface area (Å²) in [4.78, 5) is 57.9. The highest BCUT2D eigenvalue weighted by Crippen LogP contribution is 1.74. The Morgan fingerprint density at radius 2 is 1.17 bits per heavy atom. The van der Waals surface area contributed by atoms with E-state index in [0.717, 1.165) is 0 Å². The maximum absolute atomic E-state index is 10.6. The Morgan fingerprint density at radius 3 is 1.38 bits per heavy atom. The van der Waals surface area contributed by atoms with Crippen LogP contribution in [-0.2, 0) is 0 Å². The van der Waals surface area contributed by atoms with Gasteiger partial charge in [-0.3, -0.25) is 19.6 Å². The molecule has 10 heteroatoms. The summed E-state index contributed by atoms with van der Waals surface area (Å²) in [7, 11) is 0. The molecule has 0 atom stereocenters. The number of H-pyrrole nitrogens is 4. The van der Waals surface area contributed by atoms with Crippen molar-refractivity contribution in [1.29, 1.82) is 0 Å². The van der Waals surface area contributed by atoms with Crippen molar-refractivity contribution in [2.45, 2.75) is 13.8 Å². The molecule has 10 nitrogen and oxygen atoms in total. The molecule has 0 aliphatic carbocycles. The van der Waals surface area contributed by atoms with E-state index in [1.807, 2.05) is 0 Å². The summed E-state index contributed by atoms with van der Waals surface area (Å²) in [5, 5.41) is 0. The molecule has 126 valence electrons. The minimum absolute atomic E-state index is 0.334. The summed E-state index contributed by atoms with van der Waals surface area (Å²) in [6.45, 7) is 3.24. The van der Waals surface area contributed by atoms with Crippen LogP contribution < -0.4 is 22.5 Å². The predicted octanol–water partition coefficient (Wildman–Crippen LogP) is -0.780. The third kappa shape index (κ3) is 6.93. The first-order chi connectivity index (χ1) is 11.4. The first-order valence-electron chi connectivity index (χ1n) is 6.67. The molecule has 0 saturated heterocycles. The number of rotatable bonds is 0. The summed E-state index contributed by atoms with van der Waals surface area (Å²) in [6.07, 6.45) is 7.63. The molecule has 0 aromatic carbocycles. The Labute approximate surface area is 134 Å². The molecule has 0 spiro atoms. The van der Waals surface area contributed by atoms with Crippen molar-refractivity contribution in [3.8, 4) is 0 Å². The summed E-state index contributed by atoms with van der Waals surface area (Å²) in [5.41, 5.74) is -0.585. The van der Waals surface area contributed by atoms with Crippen molar-refractivity contribution in [2.24, 2.45) is 0 Å². The van der Waals surface area contributed by atoms with Gasteiger partial charge in [-0.15, -0.1) is 0 Å². The van der Waals surface area contributed by atoms with Crippen LogP contribution in [0.25, 0.3) is 0 Å². The minimum Gasteiger partial charge on any atom is -0.314 e. The molecule has 0 aliphatic heterocycles. The fraction of sp³-hybridized carbons (Fsp3) is 0.143. The van der Waals surface area contributed by atoms with Crippen LogP contribution in [-0.4, -0.2) is 29.9 Å². The molecule has 3 aromatic heterocycles. The molecule has 0 bridgehead atoms. The van der Waals surface area contributed by atoms with Crippen LogP contribution in [0.5, 0.6) is 0 Å². The largest absolute Gasteiger partial charge is 0.325 e. The van der Waals surface area contributed by atoms with Gasteiger partial charge in [-0.2, -0.15) is 0 Å². The molecular formula is C14H16N6O4. The lowest BCUT2D eigenvalue weighted by Gasteiger charge is -1.84. The zero-order valence-corrected chi connectivity index (χ0v) is 13.0. The Balaban J connectivity index is 0.000000184. The molecule has 3 heterocycles. The maximum atomic E-state index is 10.6. The number of hydrogen-bond donors (Lipinski definition) is 4. The third-order valence-corrected chi connectivity index (χ3v) is 2.49. The highest BCUT2D eigenvalue weighted by atomic mass is 16.2. The summed E-state index contributed by atoms with van der Waals surface area (Å²) in [6, 6.07) is 1.78. The van der Waals surface area contributed by atoms with Crippen LogP contribution in [0, 0.1) is 13.8 Å². The fourth-order valence-corrected chi connectivity index (χ4v) is 1.21. The van der Waals surface area contributed by atoms with E-state index in [1.54, 1.807) is 32.3 Å². The third-order valence-electron chi connectivity index (χ3n) is 2.49. The molecule has 0 aliphatic rings. The van der Waals surface area contributed by atoms with E-state index in [-0.39, 0.29) is 11.1 Å². The maximum Gasteiger partial charge on any atom is 0.325 e. The predicted molar refractivity (Wildman–Crippen MR) is 86.9 cm³/mol. The van der Waals surface area contributed by atoms with Crippen molar-refractivity contribution in [3.05, 3.63) is 90.0 Å². The van der Waals surface area contributed by atoms with E-state index in [0.29, 0.717) is 11.1 Å². The highest BCUT2D eigenvalue weighted by Gasteiger charge is 1.89. The second-order valence-corrected chi connectivity index (χ2v) is 4.41. The second kappa shape index (κ2) is 9.46. The van der Waals surface area contributed by atoms with Gasteiger partial charge in [0.25, 0.3) is 11.1 Å². The average Bonchev–Trinajstić information content (AvgIpc) is 2.58. The molecule has 3 rings (SSSR count). The van der Waals surface area contributed by atoms with Gasteiger partial charge < -0.3 is 9.97 Å². The van der Waals surface area contributed by atoms with Crippen LogP contribution >= 0.6 is 0 Å². The Bertz CT molecular complexity index is 879. The van der Waals surface area contributed by atoms with Crippen molar-refractivity contribution in [3.63, 3.8) is 0 Å². The van der Waals surface area contributed by atoms with Crippen molar-refractivity contribution < 1.29 is 0 Å². The average molecular weight is 332 g/mol. The zero-order chi connectivity index (χ0) is 17.9. The van der Waals surface area contributed by atoms with Crippen LogP contribution in [0.15, 0.2) is 56.4 Å². The van der Waals surface area contributed by atoms with Crippen LogP contribution in [0.3, 0.4) is 0 Å². The highest BCUT2D eigenvalue weighted by molar-refractivity contribution is 4.99. The number of nitrogens with zero attached hydrogens (tertiary/aromatic N) is 2. The second-order valence-electron chi connectivity index (χ2n) is 4.41. The van der Waals surface area contributed by atoms with Crippen molar-refractivity contribution >= 4 is 0 Å². The molecule has 0 radical (unpaired) electrons. The lowest BCUT2D eigenvalue weighted by Crippen LogP contribution is -2.22. The molecular weight excluding hydrogens is 316 g/mol. The lowest BCUT2D eigenvalue weighted by molar-refractivity contribution is 1.01. The van der Waals surface area contributed by atoms with Crippen LogP contribution in [0.4, 0.5) is 0 Å². The SMILES string of the molecule is Cc1c[nH]c(=O)[nH]c1=O.Cc1c[nH]c(=O)[nH]c1=O.c1cncnc1. The number of aromatic amines is 4. The molecule has 0 saturated carbocycles. The Hall–Kier alpha value is -3.56. The standard InChI is InChI=1S/2C5H6N2O2.C4H4N2/c2*1-3-2-6-5(9)7-4(3)8;1-2-5-4-6-3-1/h2*2H,1H3,(H2,6,7,8,9);1-4H.